The third-order valence-corrected chi connectivity index (χ3v) is 4.59. The molecular formula is C20H18O6. The SMILES string of the molecule is CC1(C)C=Cc2c(cc3c(c2O)C(=O)[C@H](O)[C@@H](c2ccccc2O)O3)O1. The number of rotatable bonds is 1. The van der Waals surface area contributed by atoms with E-state index in [0.717, 1.165) is 0 Å². The first-order chi connectivity index (χ1) is 12.3. The first-order valence-electron chi connectivity index (χ1n) is 8.23. The van der Waals surface area contributed by atoms with Gasteiger partial charge >= 0.3 is 0 Å². The predicted octanol–water partition coefficient (Wildman–Crippen LogP) is 2.96. The fourth-order valence-corrected chi connectivity index (χ4v) is 3.26. The second kappa shape index (κ2) is 5.51. The van der Waals surface area contributed by atoms with E-state index in [4.69, 9.17) is 9.47 Å². The average molecular weight is 354 g/mol. The Labute approximate surface area is 149 Å². The molecule has 0 amide bonds. The molecule has 2 atom stereocenters. The Morgan fingerprint density at radius 1 is 1.12 bits per heavy atom. The molecule has 2 aliphatic heterocycles. The molecule has 26 heavy (non-hydrogen) atoms. The van der Waals surface area contributed by atoms with Crippen LogP contribution >= 0.6 is 0 Å². The number of phenols is 2. The van der Waals surface area contributed by atoms with Crippen molar-refractivity contribution in [2.24, 2.45) is 0 Å². The zero-order chi connectivity index (χ0) is 18.6. The second-order valence-electron chi connectivity index (χ2n) is 6.96. The van der Waals surface area contributed by atoms with Crippen molar-refractivity contribution < 1.29 is 29.6 Å². The van der Waals surface area contributed by atoms with Gasteiger partial charge in [0.1, 0.15) is 34.2 Å². The number of Topliss-reactive ketones (excluding diaryl/α,β-unsaturated/α-hetero) is 1. The lowest BCUT2D eigenvalue weighted by atomic mass is 9.90. The van der Waals surface area contributed by atoms with Gasteiger partial charge in [-0.1, -0.05) is 18.2 Å². The van der Waals surface area contributed by atoms with Crippen LogP contribution in [0.4, 0.5) is 0 Å². The molecule has 2 aliphatic rings. The lowest BCUT2D eigenvalue weighted by Crippen LogP contribution is -2.36. The van der Waals surface area contributed by atoms with Crippen LogP contribution in [0.3, 0.4) is 0 Å². The van der Waals surface area contributed by atoms with Gasteiger partial charge in [-0.2, -0.15) is 0 Å². The summed E-state index contributed by atoms with van der Waals surface area (Å²) in [6.07, 6.45) is 0.825. The minimum Gasteiger partial charge on any atom is -0.508 e. The maximum atomic E-state index is 12.7. The number of carbonyl (C=O) groups excluding carboxylic acids is 1. The van der Waals surface area contributed by atoms with Gasteiger partial charge in [-0.3, -0.25) is 4.79 Å². The Morgan fingerprint density at radius 2 is 1.85 bits per heavy atom. The van der Waals surface area contributed by atoms with Crippen LogP contribution in [-0.4, -0.2) is 32.8 Å². The summed E-state index contributed by atoms with van der Waals surface area (Å²) in [7, 11) is 0. The number of hydrogen-bond donors (Lipinski definition) is 3. The van der Waals surface area contributed by atoms with E-state index in [1.165, 1.54) is 12.1 Å². The molecule has 2 aromatic carbocycles. The third-order valence-electron chi connectivity index (χ3n) is 4.59. The Hall–Kier alpha value is -2.99. The number of ether oxygens (including phenoxy) is 2. The number of fused-ring (bicyclic) bond motifs is 2. The van der Waals surface area contributed by atoms with Crippen LogP contribution in [-0.2, 0) is 0 Å². The van der Waals surface area contributed by atoms with Crippen LogP contribution in [0.5, 0.6) is 23.0 Å². The van der Waals surface area contributed by atoms with Gasteiger partial charge in [-0.25, -0.2) is 0 Å². The zero-order valence-corrected chi connectivity index (χ0v) is 14.3. The summed E-state index contributed by atoms with van der Waals surface area (Å²) >= 11 is 0. The topological polar surface area (TPSA) is 96.2 Å². The second-order valence-corrected chi connectivity index (χ2v) is 6.96. The summed E-state index contributed by atoms with van der Waals surface area (Å²) in [6.45, 7) is 3.73. The van der Waals surface area contributed by atoms with Crippen molar-refractivity contribution in [3.63, 3.8) is 0 Å². The van der Waals surface area contributed by atoms with Crippen LogP contribution in [0, 0.1) is 0 Å². The largest absolute Gasteiger partial charge is 0.508 e. The van der Waals surface area contributed by atoms with Gasteiger partial charge < -0.3 is 24.8 Å². The van der Waals surface area contributed by atoms with Crippen molar-refractivity contribution in [2.45, 2.75) is 31.7 Å². The summed E-state index contributed by atoms with van der Waals surface area (Å²) in [6, 6.07) is 7.86. The van der Waals surface area contributed by atoms with Crippen molar-refractivity contribution in [3.8, 4) is 23.0 Å². The van der Waals surface area contributed by atoms with E-state index in [-0.39, 0.29) is 28.4 Å². The molecule has 0 saturated carbocycles. The molecule has 134 valence electrons. The van der Waals surface area contributed by atoms with Gasteiger partial charge in [0.2, 0.25) is 5.78 Å². The molecule has 0 saturated heterocycles. The van der Waals surface area contributed by atoms with Crippen molar-refractivity contribution in [1.29, 1.82) is 0 Å². The Morgan fingerprint density at radius 3 is 2.58 bits per heavy atom. The molecule has 0 radical (unpaired) electrons. The molecule has 0 unspecified atom stereocenters. The number of phenolic OH excluding ortho intramolecular Hbond substituents is 2. The Balaban J connectivity index is 1.85. The molecule has 6 heteroatoms. The van der Waals surface area contributed by atoms with E-state index >= 15 is 0 Å². The standard InChI is InChI=1S/C20H18O6/c1-20(2)8-7-11-13(26-20)9-14-15(16(11)22)17(23)18(24)19(25-14)10-5-3-4-6-12(10)21/h3-9,18-19,21-22,24H,1-2H3/t18-,19+/m0/s1. The predicted molar refractivity (Wildman–Crippen MR) is 93.7 cm³/mol. The van der Waals surface area contributed by atoms with Crippen molar-refractivity contribution >= 4 is 11.9 Å². The Bertz CT molecular complexity index is 944. The minimum absolute atomic E-state index is 0.0872. The fourth-order valence-electron chi connectivity index (χ4n) is 3.26. The summed E-state index contributed by atoms with van der Waals surface area (Å²) in [5.41, 5.74) is 0.00430. The number of ketones is 1. The third kappa shape index (κ3) is 2.42. The average Bonchev–Trinajstić information content (AvgIpc) is 2.57. The molecule has 6 nitrogen and oxygen atoms in total. The normalized spacial score (nSPS) is 22.8. The zero-order valence-electron chi connectivity index (χ0n) is 14.3. The highest BCUT2D eigenvalue weighted by molar-refractivity contribution is 6.07. The summed E-state index contributed by atoms with van der Waals surface area (Å²) in [5, 5.41) is 31.0. The maximum Gasteiger partial charge on any atom is 0.202 e. The Kier molecular flexibility index (Phi) is 3.49. The van der Waals surface area contributed by atoms with E-state index < -0.39 is 23.6 Å². The van der Waals surface area contributed by atoms with E-state index in [2.05, 4.69) is 0 Å². The molecule has 0 aromatic heterocycles. The van der Waals surface area contributed by atoms with Gasteiger partial charge in [0.05, 0.1) is 5.56 Å². The number of hydrogen-bond acceptors (Lipinski definition) is 6. The summed E-state index contributed by atoms with van der Waals surface area (Å²) < 4.78 is 11.6. The van der Waals surface area contributed by atoms with Crippen LogP contribution < -0.4 is 9.47 Å². The fraction of sp³-hybridized carbons (Fsp3) is 0.250. The number of carbonyl (C=O) groups is 1. The minimum atomic E-state index is -1.55. The summed E-state index contributed by atoms with van der Waals surface area (Å²) in [5.74, 6) is -0.553. The molecule has 0 aliphatic carbocycles. The first-order valence-corrected chi connectivity index (χ1v) is 8.23. The number of aliphatic hydroxyl groups excluding tert-OH is 1. The molecule has 4 rings (SSSR count). The van der Waals surface area contributed by atoms with Gasteiger partial charge in [0.25, 0.3) is 0 Å². The van der Waals surface area contributed by atoms with E-state index in [9.17, 15) is 20.1 Å². The van der Waals surface area contributed by atoms with E-state index in [0.29, 0.717) is 11.3 Å². The number of aliphatic hydroxyl groups is 1. The van der Waals surface area contributed by atoms with E-state index in [1.807, 2.05) is 13.8 Å². The number of para-hydroxylation sites is 1. The number of benzene rings is 2. The maximum absolute atomic E-state index is 12.7. The van der Waals surface area contributed by atoms with E-state index in [1.54, 1.807) is 30.4 Å². The molecule has 3 N–H and O–H groups in total. The van der Waals surface area contributed by atoms with Crippen molar-refractivity contribution in [3.05, 3.63) is 53.1 Å². The lowest BCUT2D eigenvalue weighted by Gasteiger charge is -2.33. The first kappa shape index (κ1) is 16.5. The molecule has 0 spiro atoms. The quantitative estimate of drug-likeness (QED) is 0.729. The number of aromatic hydroxyl groups is 2. The summed E-state index contributed by atoms with van der Waals surface area (Å²) in [4.78, 5) is 12.7. The van der Waals surface area contributed by atoms with Crippen LogP contribution in [0.1, 0.15) is 41.4 Å². The van der Waals surface area contributed by atoms with Crippen molar-refractivity contribution in [2.75, 3.05) is 0 Å². The highest BCUT2D eigenvalue weighted by Gasteiger charge is 2.41. The van der Waals surface area contributed by atoms with Crippen LogP contribution in [0.25, 0.3) is 6.08 Å². The highest BCUT2D eigenvalue weighted by atomic mass is 16.5. The highest BCUT2D eigenvalue weighted by Crippen LogP contribution is 2.48. The van der Waals surface area contributed by atoms with Crippen LogP contribution in [0.2, 0.25) is 0 Å². The van der Waals surface area contributed by atoms with Crippen LogP contribution in [0.15, 0.2) is 36.4 Å². The molecular weight excluding hydrogens is 336 g/mol. The lowest BCUT2D eigenvalue weighted by molar-refractivity contribution is 0.0201. The molecule has 2 aromatic rings. The van der Waals surface area contributed by atoms with Gasteiger partial charge in [-0.15, -0.1) is 0 Å². The van der Waals surface area contributed by atoms with Gasteiger partial charge in [0.15, 0.2) is 12.2 Å². The molecule has 0 bridgehead atoms. The molecule has 2 heterocycles. The smallest absolute Gasteiger partial charge is 0.202 e. The molecule has 0 fully saturated rings. The van der Waals surface area contributed by atoms with Gasteiger partial charge in [-0.05, 0) is 32.1 Å². The monoisotopic (exact) mass is 354 g/mol. The van der Waals surface area contributed by atoms with Gasteiger partial charge in [0, 0.05) is 11.6 Å². The van der Waals surface area contributed by atoms with Crippen molar-refractivity contribution in [1.82, 2.24) is 0 Å².